The van der Waals surface area contributed by atoms with Crippen LogP contribution in [0.5, 0.6) is 11.5 Å². The van der Waals surface area contributed by atoms with Crippen molar-refractivity contribution >= 4 is 12.0 Å². The fraction of sp³-hybridized carbons (Fsp3) is 0.200. The van der Waals surface area contributed by atoms with Crippen LogP contribution in [0.4, 0.5) is 0 Å². The average molecular weight is 273 g/mol. The Morgan fingerprint density at radius 3 is 2.70 bits per heavy atom. The van der Waals surface area contributed by atoms with Crippen LogP contribution in [0, 0.1) is 11.3 Å². The maximum Gasteiger partial charge on any atom is 0.348 e. The van der Waals surface area contributed by atoms with Crippen molar-refractivity contribution in [2.24, 2.45) is 0 Å². The Kier molecular flexibility index (Phi) is 5.85. The molecule has 0 bridgehead atoms. The summed E-state index contributed by atoms with van der Waals surface area (Å²) in [6, 6.07) is 6.86. The molecule has 0 aliphatic heterocycles. The molecule has 0 fully saturated rings. The molecule has 0 saturated heterocycles. The largest absolute Gasteiger partial charge is 0.493 e. The summed E-state index contributed by atoms with van der Waals surface area (Å²) in [6.45, 7) is 3.92. The Morgan fingerprint density at radius 1 is 1.40 bits per heavy atom. The highest BCUT2D eigenvalue weighted by Gasteiger charge is 2.10. The van der Waals surface area contributed by atoms with Gasteiger partial charge in [0, 0.05) is 0 Å². The quantitative estimate of drug-likeness (QED) is 0.344. The van der Waals surface area contributed by atoms with Gasteiger partial charge in [-0.2, -0.15) is 5.26 Å². The van der Waals surface area contributed by atoms with E-state index >= 15 is 0 Å². The zero-order chi connectivity index (χ0) is 15.0. The van der Waals surface area contributed by atoms with Gasteiger partial charge in [0.2, 0.25) is 0 Å². The maximum atomic E-state index is 11.3. The molecular formula is C15H15NO4. The van der Waals surface area contributed by atoms with Crippen molar-refractivity contribution in [3.05, 3.63) is 42.0 Å². The number of nitrogens with zero attached hydrogens (tertiary/aromatic N) is 1. The van der Waals surface area contributed by atoms with E-state index in [1.165, 1.54) is 20.3 Å². The summed E-state index contributed by atoms with van der Waals surface area (Å²) in [5, 5.41) is 8.90. The molecule has 0 heterocycles. The lowest BCUT2D eigenvalue weighted by Gasteiger charge is -2.09. The van der Waals surface area contributed by atoms with E-state index in [2.05, 4.69) is 11.3 Å². The van der Waals surface area contributed by atoms with Gasteiger partial charge in [-0.3, -0.25) is 0 Å². The molecule has 1 rings (SSSR count). The first-order valence-electron chi connectivity index (χ1n) is 5.78. The normalized spacial score (nSPS) is 10.3. The van der Waals surface area contributed by atoms with Gasteiger partial charge in [-0.15, -0.1) is 0 Å². The minimum atomic E-state index is -0.682. The number of nitriles is 1. The number of carbonyl (C=O) groups excluding carboxylic acids is 1. The molecule has 5 nitrogen and oxygen atoms in total. The number of hydrogen-bond donors (Lipinski definition) is 0. The third-order valence-corrected chi connectivity index (χ3v) is 2.38. The number of carbonyl (C=O) groups is 1. The molecule has 0 amide bonds. The highest BCUT2D eigenvalue weighted by atomic mass is 16.5. The molecule has 0 radical (unpaired) electrons. The number of benzene rings is 1. The van der Waals surface area contributed by atoms with Crippen molar-refractivity contribution in [1.29, 1.82) is 5.26 Å². The molecule has 0 spiro atoms. The van der Waals surface area contributed by atoms with Gasteiger partial charge in [0.05, 0.1) is 14.2 Å². The van der Waals surface area contributed by atoms with Crippen molar-refractivity contribution in [2.75, 3.05) is 20.8 Å². The lowest BCUT2D eigenvalue weighted by molar-refractivity contribution is -0.135. The molecule has 1 aromatic rings. The Morgan fingerprint density at radius 2 is 2.15 bits per heavy atom. The van der Waals surface area contributed by atoms with E-state index in [0.717, 1.165) is 0 Å². The molecular weight excluding hydrogens is 258 g/mol. The second kappa shape index (κ2) is 7.64. The van der Waals surface area contributed by atoms with Crippen LogP contribution < -0.4 is 9.47 Å². The summed E-state index contributed by atoms with van der Waals surface area (Å²) in [7, 11) is 2.73. The Labute approximate surface area is 117 Å². The summed E-state index contributed by atoms with van der Waals surface area (Å²) >= 11 is 0. The summed E-state index contributed by atoms with van der Waals surface area (Å²) in [6.07, 6.45) is 3.05. The molecule has 0 atom stereocenters. The molecule has 0 aliphatic carbocycles. The van der Waals surface area contributed by atoms with E-state index in [1.54, 1.807) is 30.3 Å². The van der Waals surface area contributed by atoms with Crippen molar-refractivity contribution < 1.29 is 19.0 Å². The van der Waals surface area contributed by atoms with Crippen molar-refractivity contribution in [3.63, 3.8) is 0 Å². The van der Waals surface area contributed by atoms with Gasteiger partial charge in [0.15, 0.2) is 11.5 Å². The number of rotatable bonds is 6. The van der Waals surface area contributed by atoms with Crippen LogP contribution in [-0.4, -0.2) is 26.8 Å². The Balaban J connectivity index is 3.09. The summed E-state index contributed by atoms with van der Waals surface area (Å²) < 4.78 is 15.1. The van der Waals surface area contributed by atoms with Crippen LogP contribution in [0.25, 0.3) is 6.08 Å². The van der Waals surface area contributed by atoms with E-state index in [1.807, 2.05) is 0 Å². The molecule has 20 heavy (non-hydrogen) atoms. The SMILES string of the molecule is C=CCOc1ccc(/C=C(\C#N)C(=O)OC)cc1OC. The monoisotopic (exact) mass is 273 g/mol. The van der Waals surface area contributed by atoms with Crippen LogP contribution in [-0.2, 0) is 9.53 Å². The number of hydrogen-bond acceptors (Lipinski definition) is 5. The Bertz CT molecular complexity index is 570. The first-order chi connectivity index (χ1) is 9.65. The average Bonchev–Trinajstić information content (AvgIpc) is 2.50. The molecule has 0 aromatic heterocycles. The standard InChI is InChI=1S/C15H15NO4/c1-4-7-20-13-6-5-11(9-14(13)18-2)8-12(10-16)15(17)19-3/h4-6,8-9H,1,7H2,2-3H3/b12-8+. The molecule has 1 aromatic carbocycles. The highest BCUT2D eigenvalue weighted by molar-refractivity contribution is 5.97. The van der Waals surface area contributed by atoms with Crippen LogP contribution in [0.2, 0.25) is 0 Å². The smallest absolute Gasteiger partial charge is 0.348 e. The second-order valence-electron chi connectivity index (χ2n) is 3.67. The van der Waals surface area contributed by atoms with E-state index in [-0.39, 0.29) is 5.57 Å². The van der Waals surface area contributed by atoms with Crippen LogP contribution in [0.1, 0.15) is 5.56 Å². The van der Waals surface area contributed by atoms with Crippen LogP contribution in [0.15, 0.2) is 36.4 Å². The first-order valence-corrected chi connectivity index (χ1v) is 5.78. The number of methoxy groups -OCH3 is 2. The Hall–Kier alpha value is -2.74. The molecule has 0 saturated carbocycles. The second-order valence-corrected chi connectivity index (χ2v) is 3.67. The van der Waals surface area contributed by atoms with E-state index in [9.17, 15) is 4.79 Å². The molecule has 104 valence electrons. The molecule has 0 N–H and O–H groups in total. The topological polar surface area (TPSA) is 68.5 Å². The number of ether oxygens (including phenoxy) is 3. The third-order valence-electron chi connectivity index (χ3n) is 2.38. The van der Waals surface area contributed by atoms with Crippen LogP contribution >= 0.6 is 0 Å². The maximum absolute atomic E-state index is 11.3. The zero-order valence-corrected chi connectivity index (χ0v) is 11.4. The van der Waals surface area contributed by atoms with Crippen LogP contribution in [0.3, 0.4) is 0 Å². The van der Waals surface area contributed by atoms with Crippen molar-refractivity contribution in [1.82, 2.24) is 0 Å². The summed E-state index contributed by atoms with van der Waals surface area (Å²) in [5.41, 5.74) is 0.545. The minimum Gasteiger partial charge on any atom is -0.493 e. The zero-order valence-electron chi connectivity index (χ0n) is 11.4. The van der Waals surface area contributed by atoms with Gasteiger partial charge < -0.3 is 14.2 Å². The van der Waals surface area contributed by atoms with Crippen molar-refractivity contribution in [3.8, 4) is 17.6 Å². The summed E-state index contributed by atoms with van der Waals surface area (Å²) in [5.74, 6) is 0.377. The van der Waals surface area contributed by atoms with Gasteiger partial charge in [0.25, 0.3) is 0 Å². The van der Waals surface area contributed by atoms with E-state index in [4.69, 9.17) is 14.7 Å². The number of esters is 1. The van der Waals surface area contributed by atoms with Gasteiger partial charge in [-0.25, -0.2) is 4.79 Å². The van der Waals surface area contributed by atoms with Crippen molar-refractivity contribution in [2.45, 2.75) is 0 Å². The van der Waals surface area contributed by atoms with E-state index < -0.39 is 5.97 Å². The molecule has 0 aliphatic rings. The predicted molar refractivity (Wildman–Crippen MR) is 74.3 cm³/mol. The van der Waals surface area contributed by atoms with E-state index in [0.29, 0.717) is 23.7 Å². The van der Waals surface area contributed by atoms with Gasteiger partial charge in [0.1, 0.15) is 18.2 Å². The molecule has 0 unspecified atom stereocenters. The fourth-order valence-corrected chi connectivity index (χ4v) is 1.46. The van der Waals surface area contributed by atoms with Gasteiger partial charge in [-0.05, 0) is 23.8 Å². The minimum absolute atomic E-state index is 0.0886. The highest BCUT2D eigenvalue weighted by Crippen LogP contribution is 2.29. The summed E-state index contributed by atoms with van der Waals surface area (Å²) in [4.78, 5) is 11.3. The van der Waals surface area contributed by atoms with Gasteiger partial charge >= 0.3 is 5.97 Å². The third kappa shape index (κ3) is 3.89. The fourth-order valence-electron chi connectivity index (χ4n) is 1.46. The predicted octanol–water partition coefficient (Wildman–Crippen LogP) is 2.34. The van der Waals surface area contributed by atoms with Gasteiger partial charge in [-0.1, -0.05) is 18.7 Å². The lowest BCUT2D eigenvalue weighted by atomic mass is 10.1. The lowest BCUT2D eigenvalue weighted by Crippen LogP contribution is -2.02. The first kappa shape index (κ1) is 15.3. The molecule has 5 heteroatoms.